The normalized spacial score (nSPS) is 15.1. The Morgan fingerprint density at radius 2 is 1.74 bits per heavy atom. The number of hydrogen-bond donors (Lipinski definition) is 3. The van der Waals surface area contributed by atoms with Crippen LogP contribution in [-0.2, 0) is 4.79 Å². The monoisotopic (exact) mass is 317 g/mol. The summed E-state index contributed by atoms with van der Waals surface area (Å²) in [5, 5.41) is 8.63. The predicted molar refractivity (Wildman–Crippen MR) is 93.5 cm³/mol. The molecule has 0 unspecified atom stereocenters. The third-order valence-electron chi connectivity index (χ3n) is 3.89. The quantitative estimate of drug-likeness (QED) is 0.712. The third-order valence-corrected chi connectivity index (χ3v) is 3.89. The topological polar surface area (TPSA) is 70.2 Å². The summed E-state index contributed by atoms with van der Waals surface area (Å²) in [5.74, 6) is 0.861. The van der Waals surface area contributed by atoms with E-state index in [1.54, 1.807) is 6.07 Å². The van der Waals surface area contributed by atoms with Crippen LogP contribution < -0.4 is 16.0 Å². The van der Waals surface area contributed by atoms with E-state index in [2.05, 4.69) is 29.8 Å². The first-order valence-corrected chi connectivity index (χ1v) is 8.42. The molecule has 0 bridgehead atoms. The first kappa shape index (κ1) is 17.3. The van der Waals surface area contributed by atoms with Crippen molar-refractivity contribution < 1.29 is 9.59 Å². The van der Waals surface area contributed by atoms with Crippen LogP contribution in [0.25, 0.3) is 0 Å². The maximum absolute atomic E-state index is 12.0. The van der Waals surface area contributed by atoms with Crippen LogP contribution in [0.2, 0.25) is 0 Å². The van der Waals surface area contributed by atoms with E-state index in [4.69, 9.17) is 0 Å². The highest BCUT2D eigenvalue weighted by atomic mass is 16.2. The summed E-state index contributed by atoms with van der Waals surface area (Å²) in [6, 6.07) is 7.15. The molecule has 0 radical (unpaired) electrons. The zero-order valence-corrected chi connectivity index (χ0v) is 14.2. The van der Waals surface area contributed by atoms with E-state index in [1.165, 1.54) is 0 Å². The molecule has 0 aromatic heterocycles. The minimum absolute atomic E-state index is 0.0638. The maximum Gasteiger partial charge on any atom is 0.319 e. The lowest BCUT2D eigenvalue weighted by atomic mass is 10.0. The van der Waals surface area contributed by atoms with Crippen LogP contribution in [0.4, 0.5) is 16.2 Å². The number of urea groups is 1. The van der Waals surface area contributed by atoms with Crippen LogP contribution in [0.3, 0.4) is 0 Å². The molecule has 1 fully saturated rings. The zero-order valence-electron chi connectivity index (χ0n) is 14.2. The fraction of sp³-hybridized carbons (Fsp3) is 0.556. The molecule has 1 aliphatic rings. The van der Waals surface area contributed by atoms with Crippen LogP contribution in [0.1, 0.15) is 46.5 Å². The number of rotatable bonds is 7. The summed E-state index contributed by atoms with van der Waals surface area (Å²) in [4.78, 5) is 23.8. The number of carbonyl (C=O) groups is 2. The molecule has 0 heterocycles. The van der Waals surface area contributed by atoms with Gasteiger partial charge in [-0.1, -0.05) is 19.9 Å². The lowest BCUT2D eigenvalue weighted by molar-refractivity contribution is -0.117. The molecule has 1 saturated carbocycles. The number of amides is 3. The standard InChI is InChI=1S/C18H27N3O2/c1-12(2)7-8-13(3)19-18(23)21-16-6-4-5-15(11-16)20-17(22)14-9-10-14/h4-6,11-14H,7-10H2,1-3H3,(H,20,22)(H2,19,21,23)/t13-/m1/s1. The molecule has 3 N–H and O–H groups in total. The minimum Gasteiger partial charge on any atom is -0.335 e. The van der Waals surface area contributed by atoms with Gasteiger partial charge in [-0.2, -0.15) is 0 Å². The van der Waals surface area contributed by atoms with Crippen molar-refractivity contribution in [2.24, 2.45) is 11.8 Å². The number of hydrogen-bond acceptors (Lipinski definition) is 2. The van der Waals surface area contributed by atoms with Crippen molar-refractivity contribution in [2.45, 2.75) is 52.5 Å². The second kappa shape index (κ2) is 7.99. The van der Waals surface area contributed by atoms with Gasteiger partial charge >= 0.3 is 6.03 Å². The van der Waals surface area contributed by atoms with Crippen molar-refractivity contribution in [1.29, 1.82) is 0 Å². The molecule has 1 atom stereocenters. The van der Waals surface area contributed by atoms with E-state index >= 15 is 0 Å². The van der Waals surface area contributed by atoms with Crippen molar-refractivity contribution in [3.8, 4) is 0 Å². The molecule has 1 aliphatic carbocycles. The summed E-state index contributed by atoms with van der Waals surface area (Å²) in [6.45, 7) is 6.36. The Bertz CT molecular complexity index is 553. The molecule has 0 saturated heterocycles. The lowest BCUT2D eigenvalue weighted by Gasteiger charge is -2.16. The SMILES string of the molecule is CC(C)CC[C@@H](C)NC(=O)Nc1cccc(NC(=O)C2CC2)c1. The van der Waals surface area contributed by atoms with Crippen LogP contribution in [0, 0.1) is 11.8 Å². The smallest absolute Gasteiger partial charge is 0.319 e. The van der Waals surface area contributed by atoms with Gasteiger partial charge in [-0.15, -0.1) is 0 Å². The van der Waals surface area contributed by atoms with E-state index in [0.717, 1.165) is 25.7 Å². The highest BCUT2D eigenvalue weighted by Gasteiger charge is 2.29. The van der Waals surface area contributed by atoms with Gasteiger partial charge in [0, 0.05) is 23.3 Å². The summed E-state index contributed by atoms with van der Waals surface area (Å²) < 4.78 is 0. The van der Waals surface area contributed by atoms with Crippen molar-refractivity contribution in [2.75, 3.05) is 10.6 Å². The van der Waals surface area contributed by atoms with Gasteiger partial charge in [0.25, 0.3) is 0 Å². The molecular formula is C18H27N3O2. The Balaban J connectivity index is 1.81. The first-order valence-electron chi connectivity index (χ1n) is 8.42. The highest BCUT2D eigenvalue weighted by Crippen LogP contribution is 2.30. The number of carbonyl (C=O) groups excluding carboxylic acids is 2. The average Bonchev–Trinajstić information content (AvgIpc) is 3.30. The summed E-state index contributed by atoms with van der Waals surface area (Å²) in [5.41, 5.74) is 1.39. The van der Waals surface area contributed by atoms with E-state index in [0.29, 0.717) is 17.3 Å². The van der Waals surface area contributed by atoms with Crippen LogP contribution >= 0.6 is 0 Å². The van der Waals surface area contributed by atoms with Crippen molar-refractivity contribution in [3.63, 3.8) is 0 Å². The Morgan fingerprint density at radius 3 is 2.35 bits per heavy atom. The predicted octanol–water partition coefficient (Wildman–Crippen LogP) is 3.98. The molecule has 5 nitrogen and oxygen atoms in total. The fourth-order valence-corrected chi connectivity index (χ4v) is 2.31. The Kier molecular flexibility index (Phi) is 6.02. The molecule has 126 valence electrons. The fourth-order valence-electron chi connectivity index (χ4n) is 2.31. The largest absolute Gasteiger partial charge is 0.335 e. The van der Waals surface area contributed by atoms with Crippen molar-refractivity contribution >= 4 is 23.3 Å². The van der Waals surface area contributed by atoms with E-state index in [9.17, 15) is 9.59 Å². The Labute approximate surface area is 138 Å². The molecule has 1 aromatic rings. The molecular weight excluding hydrogens is 290 g/mol. The van der Waals surface area contributed by atoms with Crippen LogP contribution in [0.5, 0.6) is 0 Å². The minimum atomic E-state index is -0.216. The molecule has 5 heteroatoms. The van der Waals surface area contributed by atoms with Gasteiger partial charge < -0.3 is 16.0 Å². The number of nitrogens with one attached hydrogen (secondary N) is 3. The molecule has 23 heavy (non-hydrogen) atoms. The zero-order chi connectivity index (χ0) is 16.8. The van der Waals surface area contributed by atoms with Crippen LogP contribution in [-0.4, -0.2) is 18.0 Å². The third kappa shape index (κ3) is 6.30. The summed E-state index contributed by atoms with van der Waals surface area (Å²) >= 11 is 0. The lowest BCUT2D eigenvalue weighted by Crippen LogP contribution is -2.36. The van der Waals surface area contributed by atoms with Gasteiger partial charge in [0.2, 0.25) is 5.91 Å². The van der Waals surface area contributed by atoms with E-state index in [-0.39, 0.29) is 23.9 Å². The second-order valence-corrected chi connectivity index (χ2v) is 6.82. The van der Waals surface area contributed by atoms with Gasteiger partial charge in [-0.3, -0.25) is 4.79 Å². The van der Waals surface area contributed by atoms with Gasteiger partial charge in [0.15, 0.2) is 0 Å². The van der Waals surface area contributed by atoms with E-state index in [1.807, 2.05) is 25.1 Å². The van der Waals surface area contributed by atoms with E-state index < -0.39 is 0 Å². The maximum atomic E-state index is 12.0. The first-order chi connectivity index (χ1) is 10.9. The molecule has 1 aromatic carbocycles. The highest BCUT2D eigenvalue weighted by molar-refractivity contribution is 5.95. The van der Waals surface area contributed by atoms with Gasteiger partial charge in [-0.25, -0.2) is 4.79 Å². The second-order valence-electron chi connectivity index (χ2n) is 6.82. The number of benzene rings is 1. The number of anilines is 2. The van der Waals surface area contributed by atoms with Crippen LogP contribution in [0.15, 0.2) is 24.3 Å². The summed E-state index contributed by atoms with van der Waals surface area (Å²) in [6.07, 6.45) is 3.99. The molecule has 2 rings (SSSR count). The Hall–Kier alpha value is -2.04. The molecule has 0 spiro atoms. The summed E-state index contributed by atoms with van der Waals surface area (Å²) in [7, 11) is 0. The Morgan fingerprint density at radius 1 is 1.09 bits per heavy atom. The molecule has 3 amide bonds. The van der Waals surface area contributed by atoms with Crippen molar-refractivity contribution in [3.05, 3.63) is 24.3 Å². The molecule has 0 aliphatic heterocycles. The van der Waals surface area contributed by atoms with Gasteiger partial charge in [0.1, 0.15) is 0 Å². The average molecular weight is 317 g/mol. The van der Waals surface area contributed by atoms with Crippen molar-refractivity contribution in [1.82, 2.24) is 5.32 Å². The van der Waals surface area contributed by atoms with Gasteiger partial charge in [-0.05, 0) is 56.7 Å². The van der Waals surface area contributed by atoms with Gasteiger partial charge in [0.05, 0.1) is 0 Å².